The Morgan fingerprint density at radius 3 is 2.33 bits per heavy atom. The van der Waals surface area contributed by atoms with Gasteiger partial charge in [0, 0.05) is 0 Å². The van der Waals surface area contributed by atoms with Gasteiger partial charge in [-0.05, 0) is 19.3 Å². The van der Waals surface area contributed by atoms with Crippen molar-refractivity contribution in [1.29, 1.82) is 0 Å². The van der Waals surface area contributed by atoms with Crippen LogP contribution in [0.5, 0.6) is 0 Å². The van der Waals surface area contributed by atoms with Crippen LogP contribution in [0.25, 0.3) is 0 Å². The van der Waals surface area contributed by atoms with Crippen LogP contribution in [-0.2, 0) is 4.84 Å². The Bertz CT molecular complexity index is 136. The van der Waals surface area contributed by atoms with Gasteiger partial charge in [0.25, 0.3) is 5.09 Å². The second-order valence-electron chi connectivity index (χ2n) is 3.46. The van der Waals surface area contributed by atoms with Crippen LogP contribution < -0.4 is 0 Å². The van der Waals surface area contributed by atoms with E-state index in [9.17, 15) is 10.1 Å². The lowest BCUT2D eigenvalue weighted by molar-refractivity contribution is -0.767. The molecule has 1 unspecified atom stereocenters. The van der Waals surface area contributed by atoms with Crippen molar-refractivity contribution >= 4 is 0 Å². The Hall–Kier alpha value is -0.800. The molecule has 0 saturated carbocycles. The Kier molecular flexibility index (Phi) is 5.41. The predicted octanol–water partition coefficient (Wildman–Crippen LogP) is 2.41. The molecule has 0 spiro atoms. The first-order chi connectivity index (χ1) is 5.52. The maximum Gasteiger partial charge on any atom is 0.294 e. The molecule has 0 aromatic rings. The van der Waals surface area contributed by atoms with E-state index in [0.717, 1.165) is 19.3 Å². The molecule has 12 heavy (non-hydrogen) atoms. The molecular formula is C8H17NO3. The van der Waals surface area contributed by atoms with Crippen LogP contribution in [0.1, 0.15) is 40.0 Å². The summed E-state index contributed by atoms with van der Waals surface area (Å²) >= 11 is 0. The van der Waals surface area contributed by atoms with Gasteiger partial charge in [0.2, 0.25) is 0 Å². The summed E-state index contributed by atoms with van der Waals surface area (Å²) in [5.41, 5.74) is 0. The van der Waals surface area contributed by atoms with E-state index in [2.05, 4.69) is 18.7 Å². The van der Waals surface area contributed by atoms with Crippen molar-refractivity contribution in [1.82, 2.24) is 0 Å². The van der Waals surface area contributed by atoms with E-state index >= 15 is 0 Å². The van der Waals surface area contributed by atoms with Crippen LogP contribution in [-0.4, -0.2) is 11.2 Å². The summed E-state index contributed by atoms with van der Waals surface area (Å²) in [6.45, 7) is 6.00. The van der Waals surface area contributed by atoms with Crippen LogP contribution in [0.4, 0.5) is 0 Å². The fraction of sp³-hybridized carbons (Fsp3) is 1.00. The molecule has 4 heteroatoms. The van der Waals surface area contributed by atoms with Gasteiger partial charge in [-0.1, -0.05) is 26.7 Å². The summed E-state index contributed by atoms with van der Waals surface area (Å²) in [5.74, 6) is 0.660. The van der Waals surface area contributed by atoms with Gasteiger partial charge in [0.1, 0.15) is 6.10 Å². The highest BCUT2D eigenvalue weighted by molar-refractivity contribution is 4.51. The molecule has 0 aliphatic heterocycles. The fourth-order valence-corrected chi connectivity index (χ4v) is 1.01. The minimum absolute atomic E-state index is 0.265. The van der Waals surface area contributed by atoms with Crippen molar-refractivity contribution in [3.05, 3.63) is 10.1 Å². The predicted molar refractivity (Wildman–Crippen MR) is 46.2 cm³/mol. The average molecular weight is 175 g/mol. The summed E-state index contributed by atoms with van der Waals surface area (Å²) in [6.07, 6.45) is 2.59. The number of hydrogen-bond donors (Lipinski definition) is 0. The van der Waals surface area contributed by atoms with Crippen LogP contribution in [0.3, 0.4) is 0 Å². The lowest BCUT2D eigenvalue weighted by Crippen LogP contribution is -2.13. The maximum absolute atomic E-state index is 9.89. The Morgan fingerprint density at radius 1 is 1.33 bits per heavy atom. The van der Waals surface area contributed by atoms with Gasteiger partial charge in [-0.3, -0.25) is 0 Å². The Labute approximate surface area is 73.0 Å². The van der Waals surface area contributed by atoms with E-state index in [-0.39, 0.29) is 6.10 Å². The molecule has 4 nitrogen and oxygen atoms in total. The van der Waals surface area contributed by atoms with E-state index in [4.69, 9.17) is 0 Å². The first-order valence-electron chi connectivity index (χ1n) is 4.33. The SMILES string of the molecule is CC(C)CCCC(C)O[N+](=O)[O-]. The summed E-state index contributed by atoms with van der Waals surface area (Å²) in [5, 5.41) is 9.17. The highest BCUT2D eigenvalue weighted by atomic mass is 17.0. The molecule has 0 amide bonds. The monoisotopic (exact) mass is 175 g/mol. The Balaban J connectivity index is 3.31. The molecular weight excluding hydrogens is 158 g/mol. The van der Waals surface area contributed by atoms with Gasteiger partial charge >= 0.3 is 0 Å². The van der Waals surface area contributed by atoms with Crippen molar-refractivity contribution in [2.24, 2.45) is 5.92 Å². The minimum atomic E-state index is -0.722. The summed E-state index contributed by atoms with van der Waals surface area (Å²) in [7, 11) is 0. The molecule has 0 aliphatic carbocycles. The number of hydrogen-bond acceptors (Lipinski definition) is 3. The van der Waals surface area contributed by atoms with Gasteiger partial charge in [-0.2, -0.15) is 0 Å². The number of rotatable bonds is 6. The van der Waals surface area contributed by atoms with Gasteiger partial charge < -0.3 is 4.84 Å². The molecule has 0 N–H and O–H groups in total. The first kappa shape index (κ1) is 11.2. The van der Waals surface area contributed by atoms with E-state index in [0.29, 0.717) is 5.92 Å². The van der Waals surface area contributed by atoms with Crippen molar-refractivity contribution in [2.45, 2.75) is 46.1 Å². The molecule has 0 heterocycles. The van der Waals surface area contributed by atoms with Crippen LogP contribution >= 0.6 is 0 Å². The van der Waals surface area contributed by atoms with E-state index in [1.54, 1.807) is 6.92 Å². The zero-order valence-corrected chi connectivity index (χ0v) is 7.95. The third-order valence-electron chi connectivity index (χ3n) is 1.66. The summed E-state index contributed by atoms with van der Waals surface area (Å²) in [4.78, 5) is 14.2. The van der Waals surface area contributed by atoms with Crippen LogP contribution in [0, 0.1) is 16.0 Å². The second-order valence-corrected chi connectivity index (χ2v) is 3.46. The lowest BCUT2D eigenvalue weighted by Gasteiger charge is -2.09. The molecule has 0 rings (SSSR count). The molecule has 0 aliphatic rings. The molecule has 0 aromatic carbocycles. The topological polar surface area (TPSA) is 52.4 Å². The molecule has 72 valence electrons. The van der Waals surface area contributed by atoms with Gasteiger partial charge in [0.05, 0.1) is 0 Å². The van der Waals surface area contributed by atoms with Gasteiger partial charge in [-0.15, -0.1) is 10.1 Å². The van der Waals surface area contributed by atoms with E-state index < -0.39 is 5.09 Å². The zero-order valence-electron chi connectivity index (χ0n) is 7.95. The fourth-order valence-electron chi connectivity index (χ4n) is 1.01. The van der Waals surface area contributed by atoms with Crippen LogP contribution in [0.2, 0.25) is 0 Å². The largest absolute Gasteiger partial charge is 0.311 e. The molecule has 1 atom stereocenters. The zero-order chi connectivity index (χ0) is 9.56. The average Bonchev–Trinajstić information content (AvgIpc) is 1.84. The lowest BCUT2D eigenvalue weighted by atomic mass is 10.1. The molecule has 0 fully saturated rings. The first-order valence-corrected chi connectivity index (χ1v) is 4.33. The summed E-state index contributed by atoms with van der Waals surface area (Å²) < 4.78 is 0. The third kappa shape index (κ3) is 7.31. The highest BCUT2D eigenvalue weighted by Crippen LogP contribution is 2.09. The standard InChI is InChI=1S/C8H17NO3/c1-7(2)5-4-6-8(3)12-9(10)11/h7-8H,4-6H2,1-3H3. The quantitative estimate of drug-likeness (QED) is 0.460. The maximum atomic E-state index is 9.89. The van der Waals surface area contributed by atoms with E-state index in [1.807, 2.05) is 0 Å². The van der Waals surface area contributed by atoms with Crippen molar-refractivity contribution < 1.29 is 9.92 Å². The molecule has 0 bridgehead atoms. The Morgan fingerprint density at radius 2 is 1.92 bits per heavy atom. The normalized spacial score (nSPS) is 13.0. The van der Waals surface area contributed by atoms with E-state index in [1.165, 1.54) is 0 Å². The van der Waals surface area contributed by atoms with Crippen molar-refractivity contribution in [3.8, 4) is 0 Å². The van der Waals surface area contributed by atoms with Gasteiger partial charge in [-0.25, -0.2) is 0 Å². The highest BCUT2D eigenvalue weighted by Gasteiger charge is 2.06. The smallest absolute Gasteiger partial charge is 0.294 e. The minimum Gasteiger partial charge on any atom is -0.311 e. The second kappa shape index (κ2) is 5.80. The van der Waals surface area contributed by atoms with Crippen molar-refractivity contribution in [2.75, 3.05) is 0 Å². The number of nitrogens with zero attached hydrogens (tertiary/aromatic N) is 1. The van der Waals surface area contributed by atoms with Crippen LogP contribution in [0.15, 0.2) is 0 Å². The molecule has 0 saturated heterocycles. The van der Waals surface area contributed by atoms with Gasteiger partial charge in [0.15, 0.2) is 0 Å². The summed E-state index contributed by atoms with van der Waals surface area (Å²) in [6, 6.07) is 0. The third-order valence-corrected chi connectivity index (χ3v) is 1.66. The molecule has 0 radical (unpaired) electrons. The molecule has 0 aromatic heterocycles. The van der Waals surface area contributed by atoms with Crippen molar-refractivity contribution in [3.63, 3.8) is 0 Å².